The molecule has 3 aliphatic rings. The Bertz CT molecular complexity index is 1600. The van der Waals surface area contributed by atoms with Gasteiger partial charge in [-0.15, -0.1) is 0 Å². The summed E-state index contributed by atoms with van der Waals surface area (Å²) in [5, 5.41) is 3.12. The molecule has 0 radical (unpaired) electrons. The Balaban J connectivity index is 1.59. The zero-order chi connectivity index (χ0) is 29.8. The Hall–Kier alpha value is -3.99. The normalized spacial score (nSPS) is 24.1. The number of nitrogens with zero attached hydrogens (tertiary/aromatic N) is 1. The average molecular weight is 561 g/mol. The van der Waals surface area contributed by atoms with Gasteiger partial charge >= 0.3 is 0 Å². The molecular weight excluding hydrogens is 520 g/mol. The van der Waals surface area contributed by atoms with Gasteiger partial charge in [-0.2, -0.15) is 0 Å². The molecule has 5 heteroatoms. The van der Waals surface area contributed by atoms with Gasteiger partial charge < -0.3 is 10.2 Å². The molecule has 3 heterocycles. The zero-order valence-corrected chi connectivity index (χ0v) is 25.2. The molecule has 1 spiro atoms. The second-order valence-corrected chi connectivity index (χ2v) is 13.1. The number of hydrogen-bond acceptors (Lipinski definition) is 4. The molecule has 0 saturated carbocycles. The lowest BCUT2D eigenvalue weighted by Crippen LogP contribution is -2.51. The first kappa shape index (κ1) is 28.1. The molecule has 5 nitrogen and oxygen atoms in total. The summed E-state index contributed by atoms with van der Waals surface area (Å²) >= 11 is 0. The van der Waals surface area contributed by atoms with Crippen molar-refractivity contribution >= 4 is 34.4 Å². The van der Waals surface area contributed by atoms with E-state index in [4.69, 9.17) is 0 Å². The fourth-order valence-electron chi connectivity index (χ4n) is 7.43. The first-order valence-electron chi connectivity index (χ1n) is 15.2. The maximum atomic E-state index is 14.9. The number of hydrogen-bond donors (Lipinski definition) is 1. The number of ketones is 2. The number of aryl methyl sites for hydroxylation is 1. The number of benzene rings is 3. The van der Waals surface area contributed by atoms with Crippen LogP contribution >= 0.6 is 0 Å². The summed E-state index contributed by atoms with van der Waals surface area (Å²) in [6, 6.07) is 22.2. The van der Waals surface area contributed by atoms with Crippen molar-refractivity contribution in [3.63, 3.8) is 0 Å². The van der Waals surface area contributed by atoms with Crippen LogP contribution in [0.5, 0.6) is 0 Å². The van der Waals surface area contributed by atoms with Crippen molar-refractivity contribution in [2.45, 2.75) is 77.8 Å². The van der Waals surface area contributed by atoms with Crippen LogP contribution in [0.25, 0.3) is 5.57 Å². The summed E-state index contributed by atoms with van der Waals surface area (Å²) in [6.45, 7) is 9.95. The second-order valence-electron chi connectivity index (χ2n) is 13.1. The van der Waals surface area contributed by atoms with Crippen LogP contribution in [0, 0.1) is 11.3 Å². The lowest BCUT2D eigenvalue weighted by atomic mass is 9.63. The third-order valence-electron chi connectivity index (χ3n) is 9.48. The predicted octanol–water partition coefficient (Wildman–Crippen LogP) is 7.40. The Kier molecular flexibility index (Phi) is 6.95. The van der Waals surface area contributed by atoms with E-state index in [1.807, 2.05) is 87.5 Å². The number of Topliss-reactive ketones (excluding diaryl/α,β-unsaturated/α-hetero) is 2. The van der Waals surface area contributed by atoms with E-state index in [0.29, 0.717) is 11.3 Å². The van der Waals surface area contributed by atoms with Gasteiger partial charge in [-0.3, -0.25) is 14.4 Å². The van der Waals surface area contributed by atoms with Crippen LogP contribution < -0.4 is 10.2 Å². The van der Waals surface area contributed by atoms with Crippen LogP contribution in [-0.4, -0.2) is 29.6 Å². The maximum Gasteiger partial charge on any atom is 0.238 e. The summed E-state index contributed by atoms with van der Waals surface area (Å²) in [6.07, 6.45) is 6.50. The van der Waals surface area contributed by atoms with Gasteiger partial charge in [-0.25, -0.2) is 0 Å². The van der Waals surface area contributed by atoms with Crippen molar-refractivity contribution in [2.75, 3.05) is 10.2 Å². The fourth-order valence-corrected chi connectivity index (χ4v) is 7.43. The van der Waals surface area contributed by atoms with Gasteiger partial charge in [-0.1, -0.05) is 107 Å². The largest absolute Gasteiger partial charge is 0.352 e. The van der Waals surface area contributed by atoms with E-state index < -0.39 is 28.8 Å². The van der Waals surface area contributed by atoms with Gasteiger partial charge in [0.2, 0.25) is 5.91 Å². The van der Waals surface area contributed by atoms with Crippen LogP contribution in [0.2, 0.25) is 0 Å². The molecule has 0 aliphatic carbocycles. The number of anilines is 2. The minimum atomic E-state index is -1.27. The lowest BCUT2D eigenvalue weighted by Gasteiger charge is -2.39. The molecule has 0 bridgehead atoms. The SMILES string of the molecule is CCCCCc1ccc(C(=O)[C@@H]2[C@H](C(=O)C(C)(C)C)N3c4ccccc4C(C)=C[C@H]3[C@@]23C(=O)Nc2ccccc23)cc1. The van der Waals surface area contributed by atoms with Gasteiger partial charge in [0.05, 0.1) is 12.0 Å². The standard InChI is InChI=1S/C37H40N2O3/c1-6-7-8-13-24-18-20-25(21-19-24)33(40)31-32(34(41)36(3,4)5)39-29-17-12-9-14-26(29)23(2)22-30(39)37(31)27-15-10-11-16-28(27)38-35(37)42/h9-12,14-22,30-32H,6-8,13H2,1-5H3,(H,38,42)/t30-,31-,32+,37+/m0/s1. The van der Waals surface area contributed by atoms with Gasteiger partial charge in [0.1, 0.15) is 11.5 Å². The monoisotopic (exact) mass is 560 g/mol. The molecule has 1 N–H and O–H groups in total. The molecular formula is C37H40N2O3. The molecule has 42 heavy (non-hydrogen) atoms. The van der Waals surface area contributed by atoms with Gasteiger partial charge in [-0.05, 0) is 48.6 Å². The first-order valence-corrected chi connectivity index (χ1v) is 15.2. The summed E-state index contributed by atoms with van der Waals surface area (Å²) in [4.78, 5) is 46.1. The van der Waals surface area contributed by atoms with E-state index in [9.17, 15) is 14.4 Å². The molecule has 0 aromatic heterocycles. The Morgan fingerprint density at radius 3 is 2.33 bits per heavy atom. The number of carbonyl (C=O) groups excluding carboxylic acids is 3. The highest BCUT2D eigenvalue weighted by Gasteiger charge is 2.71. The number of amides is 1. The predicted molar refractivity (Wildman–Crippen MR) is 169 cm³/mol. The Morgan fingerprint density at radius 1 is 0.929 bits per heavy atom. The van der Waals surface area contributed by atoms with Crippen LogP contribution in [-0.2, 0) is 21.4 Å². The molecule has 4 atom stereocenters. The van der Waals surface area contributed by atoms with Crippen molar-refractivity contribution in [1.82, 2.24) is 0 Å². The number of fused-ring (bicyclic) bond motifs is 6. The van der Waals surface area contributed by atoms with Crippen molar-refractivity contribution in [2.24, 2.45) is 11.3 Å². The van der Waals surface area contributed by atoms with Crippen LogP contribution in [0.15, 0.2) is 78.9 Å². The molecule has 1 fully saturated rings. The highest BCUT2D eigenvalue weighted by atomic mass is 16.2. The molecule has 216 valence electrons. The van der Waals surface area contributed by atoms with Crippen LogP contribution in [0.3, 0.4) is 0 Å². The summed E-state index contributed by atoms with van der Waals surface area (Å²) in [7, 11) is 0. The second kappa shape index (κ2) is 10.4. The molecule has 3 aromatic carbocycles. The van der Waals surface area contributed by atoms with Crippen LogP contribution in [0.4, 0.5) is 11.4 Å². The average Bonchev–Trinajstić information content (AvgIpc) is 3.44. The van der Waals surface area contributed by atoms with E-state index in [1.165, 1.54) is 12.0 Å². The zero-order valence-electron chi connectivity index (χ0n) is 25.2. The van der Waals surface area contributed by atoms with Gasteiger partial charge in [0.25, 0.3) is 0 Å². The summed E-state index contributed by atoms with van der Waals surface area (Å²) in [5.41, 5.74) is 4.17. The molecule has 1 saturated heterocycles. The summed E-state index contributed by atoms with van der Waals surface area (Å²) < 4.78 is 0. The molecule has 3 aliphatic heterocycles. The van der Waals surface area contributed by atoms with E-state index in [2.05, 4.69) is 36.2 Å². The number of carbonyl (C=O) groups is 3. The third kappa shape index (κ3) is 4.16. The van der Waals surface area contributed by atoms with Crippen LogP contribution in [0.1, 0.15) is 80.9 Å². The minimum Gasteiger partial charge on any atom is -0.352 e. The van der Waals surface area contributed by atoms with Crippen molar-refractivity contribution in [3.05, 3.63) is 101 Å². The topological polar surface area (TPSA) is 66.5 Å². The van der Waals surface area contributed by atoms with Crippen molar-refractivity contribution < 1.29 is 14.4 Å². The fraction of sp³-hybridized carbons (Fsp3) is 0.378. The summed E-state index contributed by atoms with van der Waals surface area (Å²) in [5.74, 6) is -1.35. The first-order chi connectivity index (χ1) is 20.1. The Morgan fingerprint density at radius 2 is 1.62 bits per heavy atom. The highest BCUT2D eigenvalue weighted by molar-refractivity contribution is 6.17. The number of allylic oxidation sites excluding steroid dienone is 1. The molecule has 3 aromatic rings. The van der Waals surface area contributed by atoms with E-state index in [1.54, 1.807) is 0 Å². The lowest BCUT2D eigenvalue weighted by molar-refractivity contribution is -0.128. The number of unbranched alkanes of at least 4 members (excludes halogenated alkanes) is 2. The smallest absolute Gasteiger partial charge is 0.238 e. The minimum absolute atomic E-state index is 0.0427. The number of para-hydroxylation sites is 2. The van der Waals surface area contributed by atoms with Gasteiger partial charge in [0, 0.05) is 27.9 Å². The molecule has 6 rings (SSSR count). The quantitative estimate of drug-likeness (QED) is 0.242. The maximum absolute atomic E-state index is 14.9. The highest BCUT2D eigenvalue weighted by Crippen LogP contribution is 2.59. The van der Waals surface area contributed by atoms with Gasteiger partial charge in [0.15, 0.2) is 11.6 Å². The van der Waals surface area contributed by atoms with E-state index in [-0.39, 0.29) is 17.5 Å². The number of nitrogens with one attached hydrogen (secondary N) is 1. The molecule has 1 amide bonds. The van der Waals surface area contributed by atoms with Crippen molar-refractivity contribution in [1.29, 1.82) is 0 Å². The Labute approximate surface area is 249 Å². The van der Waals surface area contributed by atoms with E-state index in [0.717, 1.165) is 41.6 Å². The van der Waals surface area contributed by atoms with E-state index >= 15 is 0 Å². The third-order valence-corrected chi connectivity index (χ3v) is 9.48. The number of rotatable bonds is 7. The van der Waals surface area contributed by atoms with Crippen molar-refractivity contribution in [3.8, 4) is 0 Å². The molecule has 0 unspecified atom stereocenters.